The first-order valence-corrected chi connectivity index (χ1v) is 8.78. The smallest absolute Gasteiger partial charge is 0.0103 e. The van der Waals surface area contributed by atoms with Crippen molar-refractivity contribution in [3.8, 4) is 0 Å². The Kier molecular flexibility index (Phi) is 5.48. The van der Waals surface area contributed by atoms with E-state index in [1.807, 2.05) is 0 Å². The monoisotopic (exact) mass is 287 g/mol. The fourth-order valence-electron chi connectivity index (χ4n) is 3.95. The van der Waals surface area contributed by atoms with E-state index in [1.165, 1.54) is 44.1 Å². The van der Waals surface area contributed by atoms with Gasteiger partial charge in [-0.25, -0.2) is 0 Å². The predicted molar refractivity (Wildman–Crippen MR) is 92.7 cm³/mol. The minimum atomic E-state index is 0.184. The van der Waals surface area contributed by atoms with Crippen LogP contribution in [-0.2, 0) is 5.41 Å². The maximum Gasteiger partial charge on any atom is 0.0103 e. The van der Waals surface area contributed by atoms with E-state index in [9.17, 15) is 0 Å². The van der Waals surface area contributed by atoms with E-state index in [0.717, 1.165) is 12.5 Å². The van der Waals surface area contributed by atoms with Gasteiger partial charge in [0.05, 0.1) is 0 Å². The molecule has 1 nitrogen and oxygen atoms in total. The van der Waals surface area contributed by atoms with Gasteiger partial charge in [0.15, 0.2) is 0 Å². The summed E-state index contributed by atoms with van der Waals surface area (Å²) in [6, 6.07) is 11.3. The molecule has 21 heavy (non-hydrogen) atoms. The fraction of sp³-hybridized carbons (Fsp3) is 0.700. The molecule has 118 valence electrons. The van der Waals surface area contributed by atoms with Crippen LogP contribution < -0.4 is 5.32 Å². The van der Waals surface area contributed by atoms with Gasteiger partial charge in [0.25, 0.3) is 0 Å². The first-order valence-electron chi connectivity index (χ1n) is 8.78. The zero-order valence-electron chi connectivity index (χ0n) is 14.4. The second-order valence-corrected chi connectivity index (χ2v) is 7.81. The number of hydrogen-bond acceptors (Lipinski definition) is 1. The van der Waals surface area contributed by atoms with Gasteiger partial charge < -0.3 is 5.32 Å². The standard InChI is InChI=1S/C20H33N/c1-5-20(16-21-19(2,3)4,17-12-8-6-9-13-17)18-14-10-7-11-15-18/h6,8-9,12-13,18,21H,5,7,10-11,14-16H2,1-4H3. The highest BCUT2D eigenvalue weighted by Gasteiger charge is 2.39. The Morgan fingerprint density at radius 1 is 1.00 bits per heavy atom. The van der Waals surface area contributed by atoms with Crippen LogP contribution >= 0.6 is 0 Å². The zero-order chi connectivity index (χ0) is 15.3. The average molecular weight is 287 g/mol. The van der Waals surface area contributed by atoms with Crippen molar-refractivity contribution < 1.29 is 0 Å². The Hall–Kier alpha value is -0.820. The Balaban J connectivity index is 2.30. The molecule has 1 aromatic rings. The lowest BCUT2D eigenvalue weighted by atomic mass is 9.63. The van der Waals surface area contributed by atoms with Crippen molar-refractivity contribution in [3.05, 3.63) is 35.9 Å². The summed E-state index contributed by atoms with van der Waals surface area (Å²) in [5.41, 5.74) is 2.02. The van der Waals surface area contributed by atoms with Gasteiger partial charge in [-0.1, -0.05) is 56.5 Å². The Labute approximate surface area is 131 Å². The van der Waals surface area contributed by atoms with Gasteiger partial charge in [-0.05, 0) is 51.5 Å². The summed E-state index contributed by atoms with van der Waals surface area (Å²) < 4.78 is 0. The molecule has 0 heterocycles. The summed E-state index contributed by atoms with van der Waals surface area (Å²) in [5, 5.41) is 3.81. The maximum absolute atomic E-state index is 3.81. The second kappa shape index (κ2) is 6.96. The molecule has 1 aliphatic carbocycles. The Bertz CT molecular complexity index is 411. The lowest BCUT2D eigenvalue weighted by molar-refractivity contribution is 0.176. The highest BCUT2D eigenvalue weighted by Crippen LogP contribution is 2.43. The molecule has 0 spiro atoms. The van der Waals surface area contributed by atoms with Gasteiger partial charge >= 0.3 is 0 Å². The molecule has 0 radical (unpaired) electrons. The van der Waals surface area contributed by atoms with Crippen LogP contribution in [-0.4, -0.2) is 12.1 Å². The zero-order valence-corrected chi connectivity index (χ0v) is 14.4. The summed E-state index contributed by atoms with van der Waals surface area (Å²) in [6.45, 7) is 10.3. The molecule has 1 aromatic carbocycles. The van der Waals surface area contributed by atoms with Gasteiger partial charge in [-0.15, -0.1) is 0 Å². The van der Waals surface area contributed by atoms with Crippen molar-refractivity contribution >= 4 is 0 Å². The van der Waals surface area contributed by atoms with Crippen molar-refractivity contribution in [1.82, 2.24) is 5.32 Å². The van der Waals surface area contributed by atoms with Gasteiger partial charge in [0, 0.05) is 17.5 Å². The predicted octanol–water partition coefficient (Wildman–Crippen LogP) is 5.30. The van der Waals surface area contributed by atoms with Crippen molar-refractivity contribution in [2.24, 2.45) is 5.92 Å². The quantitative estimate of drug-likeness (QED) is 0.774. The highest BCUT2D eigenvalue weighted by atomic mass is 15.0. The summed E-state index contributed by atoms with van der Waals surface area (Å²) >= 11 is 0. The molecule has 1 aliphatic rings. The minimum absolute atomic E-state index is 0.184. The van der Waals surface area contributed by atoms with Crippen molar-refractivity contribution in [2.45, 2.75) is 77.2 Å². The SMILES string of the molecule is CCC(CNC(C)(C)C)(c1ccccc1)C1CCCCC1. The molecule has 1 unspecified atom stereocenters. The second-order valence-electron chi connectivity index (χ2n) is 7.81. The maximum atomic E-state index is 3.81. The van der Waals surface area contributed by atoms with E-state index >= 15 is 0 Å². The largest absolute Gasteiger partial charge is 0.311 e. The molecule has 0 amide bonds. The fourth-order valence-corrected chi connectivity index (χ4v) is 3.95. The first kappa shape index (κ1) is 16.5. The van der Waals surface area contributed by atoms with Crippen LogP contribution in [0, 0.1) is 5.92 Å². The average Bonchev–Trinajstić information content (AvgIpc) is 2.49. The lowest BCUT2D eigenvalue weighted by Crippen LogP contribution is -2.50. The van der Waals surface area contributed by atoms with Crippen molar-refractivity contribution in [3.63, 3.8) is 0 Å². The molecule has 1 N–H and O–H groups in total. The Morgan fingerprint density at radius 3 is 2.14 bits per heavy atom. The molecule has 1 fully saturated rings. The number of benzene rings is 1. The van der Waals surface area contributed by atoms with Gasteiger partial charge in [0.2, 0.25) is 0 Å². The van der Waals surface area contributed by atoms with E-state index in [2.05, 4.69) is 63.3 Å². The molecule has 1 atom stereocenters. The molecule has 2 rings (SSSR count). The van der Waals surface area contributed by atoms with Crippen molar-refractivity contribution in [1.29, 1.82) is 0 Å². The summed E-state index contributed by atoms with van der Waals surface area (Å²) in [7, 11) is 0. The first-order chi connectivity index (χ1) is 9.98. The summed E-state index contributed by atoms with van der Waals surface area (Å²) in [6.07, 6.45) is 8.27. The molecule has 0 aliphatic heterocycles. The minimum Gasteiger partial charge on any atom is -0.311 e. The molecule has 1 saturated carbocycles. The third kappa shape index (κ3) is 4.10. The molecule has 0 saturated heterocycles. The molecule has 0 aromatic heterocycles. The van der Waals surface area contributed by atoms with Crippen LogP contribution in [0.1, 0.15) is 71.8 Å². The molecule has 0 bridgehead atoms. The lowest BCUT2D eigenvalue weighted by Gasteiger charge is -2.44. The normalized spacial score (nSPS) is 20.2. The van der Waals surface area contributed by atoms with Gasteiger partial charge in [0.1, 0.15) is 0 Å². The van der Waals surface area contributed by atoms with Crippen LogP contribution in [0.15, 0.2) is 30.3 Å². The molecule has 1 heteroatoms. The summed E-state index contributed by atoms with van der Waals surface area (Å²) in [5.74, 6) is 0.827. The van der Waals surface area contributed by atoms with Crippen molar-refractivity contribution in [2.75, 3.05) is 6.54 Å². The van der Waals surface area contributed by atoms with Crippen LogP contribution in [0.25, 0.3) is 0 Å². The van der Waals surface area contributed by atoms with E-state index < -0.39 is 0 Å². The topological polar surface area (TPSA) is 12.0 Å². The molecular formula is C20H33N. The van der Waals surface area contributed by atoms with E-state index in [4.69, 9.17) is 0 Å². The van der Waals surface area contributed by atoms with Crippen LogP contribution in [0.2, 0.25) is 0 Å². The number of hydrogen-bond donors (Lipinski definition) is 1. The number of nitrogens with one attached hydrogen (secondary N) is 1. The van der Waals surface area contributed by atoms with Gasteiger partial charge in [-0.3, -0.25) is 0 Å². The highest BCUT2D eigenvalue weighted by molar-refractivity contribution is 5.27. The third-order valence-corrected chi connectivity index (χ3v) is 5.30. The Morgan fingerprint density at radius 2 is 1.62 bits per heavy atom. The van der Waals surface area contributed by atoms with E-state index in [0.29, 0.717) is 5.41 Å². The number of rotatable bonds is 5. The van der Waals surface area contributed by atoms with Gasteiger partial charge in [-0.2, -0.15) is 0 Å². The van der Waals surface area contributed by atoms with Crippen LogP contribution in [0.4, 0.5) is 0 Å². The summed E-state index contributed by atoms with van der Waals surface area (Å²) in [4.78, 5) is 0. The third-order valence-electron chi connectivity index (χ3n) is 5.30. The van der Waals surface area contributed by atoms with Crippen LogP contribution in [0.5, 0.6) is 0 Å². The van der Waals surface area contributed by atoms with Crippen LogP contribution in [0.3, 0.4) is 0 Å². The van der Waals surface area contributed by atoms with E-state index in [-0.39, 0.29) is 5.54 Å². The molecular weight excluding hydrogens is 254 g/mol. The van der Waals surface area contributed by atoms with E-state index in [1.54, 1.807) is 0 Å².